The Labute approximate surface area is 153 Å². The largest absolute Gasteiger partial charge is 0.375 e. The summed E-state index contributed by atoms with van der Waals surface area (Å²) in [6.07, 6.45) is 3.27. The highest BCUT2D eigenvalue weighted by Gasteiger charge is 2.42. The van der Waals surface area contributed by atoms with E-state index < -0.39 is 9.84 Å². The van der Waals surface area contributed by atoms with Crippen LogP contribution in [0.25, 0.3) is 0 Å². The standard InChI is InChI=1S/C17H24N4O4S/c1-25-10-16(22)21-8-12-6-20(7-13(12)9-21)15-5-14(11-3-4-11)18-17(19-15)26(2,23)24/h5,11-13H,3-4,6-10H2,1-2H3/t12-,13+. The predicted molar refractivity (Wildman–Crippen MR) is 94.8 cm³/mol. The Morgan fingerprint density at radius 2 is 1.85 bits per heavy atom. The van der Waals surface area contributed by atoms with Gasteiger partial charge in [0, 0.05) is 63.4 Å². The van der Waals surface area contributed by atoms with Crippen LogP contribution in [0.15, 0.2) is 11.2 Å². The fourth-order valence-electron chi connectivity index (χ4n) is 3.94. The van der Waals surface area contributed by atoms with Crippen molar-refractivity contribution in [2.45, 2.75) is 23.9 Å². The number of rotatable bonds is 5. The highest BCUT2D eigenvalue weighted by Crippen LogP contribution is 2.41. The van der Waals surface area contributed by atoms with E-state index in [-0.39, 0.29) is 17.7 Å². The van der Waals surface area contributed by atoms with Crippen molar-refractivity contribution in [2.75, 3.05) is 51.1 Å². The van der Waals surface area contributed by atoms with Crippen LogP contribution >= 0.6 is 0 Å². The molecule has 4 rings (SSSR count). The summed E-state index contributed by atoms with van der Waals surface area (Å²) in [5.41, 5.74) is 0.837. The smallest absolute Gasteiger partial charge is 0.248 e. The third-order valence-corrected chi connectivity index (χ3v) is 6.32. The summed E-state index contributed by atoms with van der Waals surface area (Å²) in [6, 6.07) is 1.95. The Hall–Kier alpha value is -1.74. The first-order valence-corrected chi connectivity index (χ1v) is 10.8. The summed E-state index contributed by atoms with van der Waals surface area (Å²) >= 11 is 0. The predicted octanol–water partition coefficient (Wildman–Crippen LogP) is 0.299. The lowest BCUT2D eigenvalue weighted by molar-refractivity contribution is -0.134. The van der Waals surface area contributed by atoms with Crippen molar-refractivity contribution in [3.63, 3.8) is 0 Å². The van der Waals surface area contributed by atoms with Crippen molar-refractivity contribution < 1.29 is 17.9 Å². The molecule has 0 bridgehead atoms. The number of anilines is 1. The van der Waals surface area contributed by atoms with Gasteiger partial charge in [-0.3, -0.25) is 4.79 Å². The number of methoxy groups -OCH3 is 1. The molecule has 26 heavy (non-hydrogen) atoms. The zero-order valence-corrected chi connectivity index (χ0v) is 15.9. The molecule has 2 atom stereocenters. The molecule has 1 aromatic rings. The van der Waals surface area contributed by atoms with Gasteiger partial charge in [0.2, 0.25) is 20.9 Å². The fourth-order valence-corrected chi connectivity index (χ4v) is 4.48. The maximum atomic E-state index is 12.0. The topological polar surface area (TPSA) is 92.7 Å². The quantitative estimate of drug-likeness (QED) is 0.678. The first-order valence-electron chi connectivity index (χ1n) is 8.96. The number of amides is 1. The first kappa shape index (κ1) is 17.7. The summed E-state index contributed by atoms with van der Waals surface area (Å²) in [5.74, 6) is 1.87. The molecule has 1 amide bonds. The highest BCUT2D eigenvalue weighted by molar-refractivity contribution is 7.90. The molecular weight excluding hydrogens is 356 g/mol. The van der Waals surface area contributed by atoms with Crippen LogP contribution in [0.2, 0.25) is 0 Å². The summed E-state index contributed by atoms with van der Waals surface area (Å²) in [7, 11) is -1.91. The Bertz CT molecular complexity index is 810. The molecule has 3 fully saturated rings. The summed E-state index contributed by atoms with van der Waals surface area (Å²) in [6.45, 7) is 3.14. The van der Waals surface area contributed by atoms with Crippen LogP contribution in [-0.2, 0) is 19.4 Å². The number of carbonyl (C=O) groups is 1. The average molecular weight is 380 g/mol. The van der Waals surface area contributed by atoms with E-state index >= 15 is 0 Å². The van der Waals surface area contributed by atoms with Gasteiger partial charge < -0.3 is 14.5 Å². The molecular formula is C17H24N4O4S. The van der Waals surface area contributed by atoms with Crippen LogP contribution in [0.4, 0.5) is 5.82 Å². The molecule has 0 spiro atoms. The van der Waals surface area contributed by atoms with E-state index in [1.807, 2.05) is 11.0 Å². The molecule has 0 aromatic carbocycles. The van der Waals surface area contributed by atoms with Crippen molar-refractivity contribution in [3.8, 4) is 0 Å². The lowest BCUT2D eigenvalue weighted by Crippen LogP contribution is -2.35. The number of fused-ring (bicyclic) bond motifs is 1. The second-order valence-electron chi connectivity index (χ2n) is 7.64. The molecule has 2 aliphatic heterocycles. The minimum atomic E-state index is -3.44. The van der Waals surface area contributed by atoms with Crippen LogP contribution in [0.3, 0.4) is 0 Å². The maximum Gasteiger partial charge on any atom is 0.248 e. The molecule has 0 radical (unpaired) electrons. The van der Waals surface area contributed by atoms with E-state index in [1.54, 1.807) is 0 Å². The summed E-state index contributed by atoms with van der Waals surface area (Å²) < 4.78 is 28.9. The Balaban J connectivity index is 1.52. The maximum absolute atomic E-state index is 12.0. The molecule has 142 valence electrons. The highest BCUT2D eigenvalue weighted by atomic mass is 32.2. The average Bonchev–Trinajstić information content (AvgIpc) is 3.24. The Morgan fingerprint density at radius 1 is 1.19 bits per heavy atom. The number of hydrogen-bond acceptors (Lipinski definition) is 7. The molecule has 1 aliphatic carbocycles. The molecule has 1 saturated carbocycles. The van der Waals surface area contributed by atoms with Crippen LogP contribution < -0.4 is 4.90 Å². The van der Waals surface area contributed by atoms with E-state index in [0.29, 0.717) is 23.6 Å². The second kappa shape index (κ2) is 6.45. The zero-order chi connectivity index (χ0) is 18.5. The van der Waals surface area contributed by atoms with Crippen molar-refractivity contribution in [3.05, 3.63) is 11.8 Å². The minimum absolute atomic E-state index is 0.0332. The van der Waals surface area contributed by atoms with Gasteiger partial charge in [0.05, 0.1) is 5.69 Å². The van der Waals surface area contributed by atoms with Gasteiger partial charge in [-0.05, 0) is 12.8 Å². The van der Waals surface area contributed by atoms with Crippen LogP contribution in [0, 0.1) is 11.8 Å². The molecule has 3 aliphatic rings. The number of nitrogens with zero attached hydrogens (tertiary/aromatic N) is 4. The van der Waals surface area contributed by atoms with Crippen molar-refractivity contribution in [1.29, 1.82) is 0 Å². The monoisotopic (exact) mass is 380 g/mol. The third kappa shape index (κ3) is 3.42. The van der Waals surface area contributed by atoms with E-state index in [1.165, 1.54) is 7.11 Å². The summed E-state index contributed by atoms with van der Waals surface area (Å²) in [4.78, 5) is 24.6. The lowest BCUT2D eigenvalue weighted by atomic mass is 10.0. The van der Waals surface area contributed by atoms with Gasteiger partial charge in [-0.25, -0.2) is 18.4 Å². The van der Waals surface area contributed by atoms with Crippen LogP contribution in [-0.4, -0.2) is 75.3 Å². The molecule has 3 heterocycles. The third-order valence-electron chi connectivity index (χ3n) is 5.47. The molecule has 8 nitrogen and oxygen atoms in total. The number of carbonyl (C=O) groups excluding carboxylic acids is 1. The van der Waals surface area contributed by atoms with Crippen LogP contribution in [0.5, 0.6) is 0 Å². The normalized spacial score (nSPS) is 25.6. The number of likely N-dealkylation sites (tertiary alicyclic amines) is 1. The lowest BCUT2D eigenvalue weighted by Gasteiger charge is -2.23. The number of hydrogen-bond donors (Lipinski definition) is 0. The van der Waals surface area contributed by atoms with Gasteiger partial charge >= 0.3 is 0 Å². The molecule has 2 saturated heterocycles. The number of sulfone groups is 1. The van der Waals surface area contributed by atoms with Crippen molar-refractivity contribution in [1.82, 2.24) is 14.9 Å². The van der Waals surface area contributed by atoms with Gasteiger partial charge in [0.15, 0.2) is 0 Å². The van der Waals surface area contributed by atoms with Crippen LogP contribution in [0.1, 0.15) is 24.5 Å². The fraction of sp³-hybridized carbons (Fsp3) is 0.706. The summed E-state index contributed by atoms with van der Waals surface area (Å²) in [5, 5.41) is -0.0779. The van der Waals surface area contributed by atoms with Crippen molar-refractivity contribution >= 4 is 21.6 Å². The molecule has 1 aromatic heterocycles. The second-order valence-corrected chi connectivity index (χ2v) is 9.55. The van der Waals surface area contributed by atoms with Gasteiger partial charge in [-0.15, -0.1) is 0 Å². The number of ether oxygens (including phenoxy) is 1. The first-order chi connectivity index (χ1) is 12.3. The Kier molecular flexibility index (Phi) is 4.38. The Morgan fingerprint density at radius 3 is 2.38 bits per heavy atom. The molecule has 9 heteroatoms. The number of aromatic nitrogens is 2. The van der Waals surface area contributed by atoms with Gasteiger partial charge in [0.25, 0.3) is 0 Å². The zero-order valence-electron chi connectivity index (χ0n) is 15.1. The van der Waals surface area contributed by atoms with E-state index in [2.05, 4.69) is 14.9 Å². The van der Waals surface area contributed by atoms with E-state index in [4.69, 9.17) is 4.74 Å². The van der Waals surface area contributed by atoms with Gasteiger partial charge in [-0.1, -0.05) is 0 Å². The van der Waals surface area contributed by atoms with Crippen molar-refractivity contribution in [2.24, 2.45) is 11.8 Å². The molecule has 0 unspecified atom stereocenters. The molecule has 0 N–H and O–H groups in total. The van der Waals surface area contributed by atoms with E-state index in [9.17, 15) is 13.2 Å². The van der Waals surface area contributed by atoms with E-state index in [0.717, 1.165) is 51.0 Å². The van der Waals surface area contributed by atoms with Gasteiger partial charge in [0.1, 0.15) is 12.4 Å². The van der Waals surface area contributed by atoms with Gasteiger partial charge in [-0.2, -0.15) is 0 Å². The minimum Gasteiger partial charge on any atom is -0.375 e. The SMILES string of the molecule is COCC(=O)N1C[C@@H]2CN(c3cc(C4CC4)nc(S(C)(=O)=O)n3)C[C@@H]2C1.